The number of carbonyl (C=O) groups is 1. The van der Waals surface area contributed by atoms with E-state index < -0.39 is 0 Å². The number of benzene rings is 3. The summed E-state index contributed by atoms with van der Waals surface area (Å²) in [6.45, 7) is 2.07. The summed E-state index contributed by atoms with van der Waals surface area (Å²) >= 11 is 4.44. The first kappa shape index (κ1) is 23.5. The number of amides is 1. The zero-order valence-electron chi connectivity index (χ0n) is 18.0. The van der Waals surface area contributed by atoms with Crippen LogP contribution in [-0.4, -0.2) is 23.8 Å². The lowest BCUT2D eigenvalue weighted by Gasteiger charge is -2.12. The van der Waals surface area contributed by atoms with Crippen LogP contribution in [0.2, 0.25) is 0 Å². The SMILES string of the molecule is COc1c(I)cc(/C=N/NC(=O)c2ccc(-n3c(C)ccc3-c3ccccc3)cc2)cc1I. The zero-order chi connectivity index (χ0) is 23.4. The minimum Gasteiger partial charge on any atom is -0.495 e. The molecule has 0 aliphatic carbocycles. The molecule has 0 atom stereocenters. The average Bonchev–Trinajstić information content (AvgIpc) is 3.21. The van der Waals surface area contributed by atoms with E-state index in [-0.39, 0.29) is 5.91 Å². The first-order valence-corrected chi connectivity index (χ1v) is 12.3. The molecular weight excluding hydrogens is 640 g/mol. The maximum atomic E-state index is 12.6. The summed E-state index contributed by atoms with van der Waals surface area (Å²) in [7, 11) is 1.65. The lowest BCUT2D eigenvalue weighted by molar-refractivity contribution is 0.0955. The number of hydrogen-bond acceptors (Lipinski definition) is 3. The summed E-state index contributed by atoms with van der Waals surface area (Å²) < 4.78 is 9.53. The van der Waals surface area contributed by atoms with Crippen molar-refractivity contribution in [3.05, 3.63) is 103 Å². The van der Waals surface area contributed by atoms with Gasteiger partial charge in [-0.25, -0.2) is 5.43 Å². The van der Waals surface area contributed by atoms with Crippen molar-refractivity contribution in [2.24, 2.45) is 5.10 Å². The fourth-order valence-corrected chi connectivity index (χ4v) is 5.81. The van der Waals surface area contributed by atoms with Crippen molar-refractivity contribution >= 4 is 57.3 Å². The van der Waals surface area contributed by atoms with E-state index in [1.165, 1.54) is 0 Å². The largest absolute Gasteiger partial charge is 0.495 e. The van der Waals surface area contributed by atoms with Crippen LogP contribution in [0.3, 0.4) is 0 Å². The molecule has 0 aliphatic heterocycles. The smallest absolute Gasteiger partial charge is 0.271 e. The van der Waals surface area contributed by atoms with E-state index in [0.29, 0.717) is 5.56 Å². The number of halogens is 2. The number of hydrazone groups is 1. The highest BCUT2D eigenvalue weighted by Gasteiger charge is 2.11. The van der Waals surface area contributed by atoms with Gasteiger partial charge in [-0.1, -0.05) is 30.3 Å². The number of aromatic nitrogens is 1. The van der Waals surface area contributed by atoms with E-state index in [2.05, 4.69) is 91.5 Å². The molecule has 0 bridgehead atoms. The molecule has 7 heteroatoms. The molecule has 4 rings (SSSR count). The van der Waals surface area contributed by atoms with Crippen LogP contribution in [0.15, 0.2) is 84.0 Å². The molecule has 1 N–H and O–H groups in total. The average molecular weight is 661 g/mol. The molecule has 3 aromatic carbocycles. The molecule has 1 heterocycles. The predicted molar refractivity (Wildman–Crippen MR) is 149 cm³/mol. The molecule has 0 fully saturated rings. The molecule has 0 unspecified atom stereocenters. The first-order valence-electron chi connectivity index (χ1n) is 10.2. The zero-order valence-corrected chi connectivity index (χ0v) is 22.4. The second-order valence-electron chi connectivity index (χ2n) is 7.33. The Kier molecular flexibility index (Phi) is 7.49. The van der Waals surface area contributed by atoms with Gasteiger partial charge in [-0.3, -0.25) is 4.79 Å². The third-order valence-electron chi connectivity index (χ3n) is 5.14. The van der Waals surface area contributed by atoms with Crippen LogP contribution < -0.4 is 10.2 Å². The van der Waals surface area contributed by atoms with Crippen molar-refractivity contribution in [1.29, 1.82) is 0 Å². The first-order chi connectivity index (χ1) is 16.0. The molecule has 1 aromatic heterocycles. The molecule has 33 heavy (non-hydrogen) atoms. The quantitative estimate of drug-likeness (QED) is 0.147. The van der Waals surface area contributed by atoms with E-state index in [1.807, 2.05) is 54.6 Å². The van der Waals surface area contributed by atoms with Crippen LogP contribution in [-0.2, 0) is 0 Å². The van der Waals surface area contributed by atoms with Gasteiger partial charge in [-0.2, -0.15) is 5.10 Å². The minimum absolute atomic E-state index is 0.261. The van der Waals surface area contributed by atoms with Gasteiger partial charge < -0.3 is 9.30 Å². The molecule has 1 amide bonds. The summed E-state index contributed by atoms with van der Waals surface area (Å²) in [6, 6.07) is 25.9. The van der Waals surface area contributed by atoms with Crippen molar-refractivity contribution in [1.82, 2.24) is 9.99 Å². The van der Waals surface area contributed by atoms with Crippen LogP contribution in [0.5, 0.6) is 5.75 Å². The van der Waals surface area contributed by atoms with Gasteiger partial charge in [0.1, 0.15) is 5.75 Å². The number of ether oxygens (including phenoxy) is 1. The minimum atomic E-state index is -0.261. The molecule has 0 radical (unpaired) electrons. The highest BCUT2D eigenvalue weighted by Crippen LogP contribution is 2.28. The van der Waals surface area contributed by atoms with Gasteiger partial charge in [0.05, 0.1) is 26.2 Å². The van der Waals surface area contributed by atoms with Gasteiger partial charge in [-0.05, 0) is 112 Å². The van der Waals surface area contributed by atoms with Gasteiger partial charge >= 0.3 is 0 Å². The van der Waals surface area contributed by atoms with Gasteiger partial charge in [0.15, 0.2) is 0 Å². The summed E-state index contributed by atoms with van der Waals surface area (Å²) in [5.41, 5.74) is 8.41. The fourth-order valence-electron chi connectivity index (χ4n) is 3.56. The summed E-state index contributed by atoms with van der Waals surface area (Å²) in [6.07, 6.45) is 1.63. The normalized spacial score (nSPS) is 11.0. The lowest BCUT2D eigenvalue weighted by atomic mass is 10.1. The van der Waals surface area contributed by atoms with Crippen molar-refractivity contribution in [3.63, 3.8) is 0 Å². The number of hydrogen-bond donors (Lipinski definition) is 1. The second-order valence-corrected chi connectivity index (χ2v) is 9.65. The second kappa shape index (κ2) is 10.5. The summed E-state index contributed by atoms with van der Waals surface area (Å²) in [4.78, 5) is 12.6. The van der Waals surface area contributed by atoms with Crippen molar-refractivity contribution in [2.45, 2.75) is 6.92 Å². The Bertz CT molecular complexity index is 1290. The molecule has 0 saturated heterocycles. The Morgan fingerprint density at radius 1 is 0.970 bits per heavy atom. The lowest BCUT2D eigenvalue weighted by Crippen LogP contribution is -2.17. The van der Waals surface area contributed by atoms with Crippen molar-refractivity contribution in [2.75, 3.05) is 7.11 Å². The van der Waals surface area contributed by atoms with Crippen LogP contribution in [0.1, 0.15) is 21.6 Å². The highest BCUT2D eigenvalue weighted by molar-refractivity contribution is 14.1. The van der Waals surface area contributed by atoms with E-state index in [9.17, 15) is 4.79 Å². The molecule has 0 saturated carbocycles. The fraction of sp³-hybridized carbons (Fsp3) is 0.0769. The van der Waals surface area contributed by atoms with Gasteiger partial charge in [0.2, 0.25) is 0 Å². The topological polar surface area (TPSA) is 55.6 Å². The molecule has 4 aromatic rings. The van der Waals surface area contributed by atoms with Gasteiger partial charge in [0, 0.05) is 16.9 Å². The highest BCUT2D eigenvalue weighted by atomic mass is 127. The molecule has 166 valence electrons. The standard InChI is InChI=1S/C26H21I2N3O2/c1-17-8-13-24(19-6-4-3-5-7-19)31(17)21-11-9-20(10-12-21)26(32)30-29-16-18-14-22(27)25(33-2)23(28)15-18/h3-16H,1-2H3,(H,30,32)/b29-16+. The van der Waals surface area contributed by atoms with E-state index in [4.69, 9.17) is 4.74 Å². The van der Waals surface area contributed by atoms with Crippen molar-refractivity contribution in [3.8, 4) is 22.7 Å². The number of methoxy groups -OCH3 is 1. The number of nitrogens with zero attached hydrogens (tertiary/aromatic N) is 2. The van der Waals surface area contributed by atoms with Gasteiger partial charge in [-0.15, -0.1) is 0 Å². The van der Waals surface area contributed by atoms with E-state index in [0.717, 1.165) is 41.1 Å². The van der Waals surface area contributed by atoms with Crippen LogP contribution in [0, 0.1) is 14.1 Å². The third-order valence-corrected chi connectivity index (χ3v) is 6.74. The summed E-state index contributed by atoms with van der Waals surface area (Å²) in [5.74, 6) is 0.578. The Balaban J connectivity index is 1.49. The van der Waals surface area contributed by atoms with Crippen LogP contribution in [0.4, 0.5) is 0 Å². The molecular formula is C26H21I2N3O2. The Morgan fingerprint density at radius 2 is 1.64 bits per heavy atom. The Labute approximate surface area is 220 Å². The van der Waals surface area contributed by atoms with Crippen LogP contribution in [0.25, 0.3) is 16.9 Å². The molecule has 5 nitrogen and oxygen atoms in total. The predicted octanol–water partition coefficient (Wildman–Crippen LogP) is 6.43. The maximum Gasteiger partial charge on any atom is 0.271 e. The maximum absolute atomic E-state index is 12.6. The van der Waals surface area contributed by atoms with E-state index >= 15 is 0 Å². The van der Waals surface area contributed by atoms with Gasteiger partial charge in [0.25, 0.3) is 5.91 Å². The number of carbonyl (C=O) groups excluding carboxylic acids is 1. The number of aryl methyl sites for hydroxylation is 1. The Hall–Kier alpha value is -2.66. The summed E-state index contributed by atoms with van der Waals surface area (Å²) in [5, 5.41) is 4.12. The third kappa shape index (κ3) is 5.30. The number of rotatable bonds is 6. The molecule has 0 aliphatic rings. The molecule has 0 spiro atoms. The van der Waals surface area contributed by atoms with Crippen LogP contribution >= 0.6 is 45.2 Å². The Morgan fingerprint density at radius 3 is 2.27 bits per heavy atom. The number of nitrogens with one attached hydrogen (secondary N) is 1. The monoisotopic (exact) mass is 661 g/mol. The van der Waals surface area contributed by atoms with Crippen molar-refractivity contribution < 1.29 is 9.53 Å². The van der Waals surface area contributed by atoms with E-state index in [1.54, 1.807) is 13.3 Å².